The summed E-state index contributed by atoms with van der Waals surface area (Å²) in [4.78, 5) is 0. The van der Waals surface area contributed by atoms with Gasteiger partial charge in [0, 0.05) is 5.92 Å². The van der Waals surface area contributed by atoms with E-state index >= 15 is 8.78 Å². The zero-order valence-corrected chi connectivity index (χ0v) is 20.0. The summed E-state index contributed by atoms with van der Waals surface area (Å²) in [6.07, 6.45) is 17.6. The topological polar surface area (TPSA) is 12.5 Å². The highest BCUT2D eigenvalue weighted by atomic mass is 19.2. The van der Waals surface area contributed by atoms with Crippen LogP contribution in [-0.4, -0.2) is 12.7 Å². The molecule has 1 aromatic carbocycles. The fraction of sp³-hybridized carbons (Fsp3) is 0.600. The van der Waals surface area contributed by atoms with Gasteiger partial charge < -0.3 is 4.74 Å². The van der Waals surface area contributed by atoms with Crippen LogP contribution in [0.5, 0.6) is 0 Å². The van der Waals surface area contributed by atoms with Gasteiger partial charge in [0.25, 0.3) is 0 Å². The molecule has 0 bridgehead atoms. The third-order valence-corrected chi connectivity index (χ3v) is 8.88. The molecule has 3 fully saturated rings. The van der Waals surface area contributed by atoms with Gasteiger partial charge in [0.05, 0.1) is 12.7 Å². The summed E-state index contributed by atoms with van der Waals surface area (Å²) in [5.74, 6) is 0.00273. The van der Waals surface area contributed by atoms with Gasteiger partial charge >= 0.3 is 0 Å². The van der Waals surface area contributed by atoms with Crippen LogP contribution in [-0.2, 0) is 4.74 Å². The van der Waals surface area contributed by atoms with Gasteiger partial charge in [-0.1, -0.05) is 30.4 Å². The second-order valence-corrected chi connectivity index (χ2v) is 11.0. The Hall–Kier alpha value is -1.81. The van der Waals surface area contributed by atoms with E-state index in [4.69, 9.17) is 4.74 Å². The molecule has 34 heavy (non-hydrogen) atoms. The minimum atomic E-state index is -0.626. The first-order chi connectivity index (χ1) is 16.5. The Morgan fingerprint density at radius 3 is 1.79 bits per heavy atom. The number of benzene rings is 1. The van der Waals surface area contributed by atoms with E-state index in [2.05, 4.69) is 18.7 Å². The van der Waals surface area contributed by atoms with Gasteiger partial charge in [-0.05, 0) is 111 Å². The smallest absolute Gasteiger partial charge is 0.162 e. The van der Waals surface area contributed by atoms with Gasteiger partial charge in [-0.25, -0.2) is 13.2 Å². The summed E-state index contributed by atoms with van der Waals surface area (Å²) in [5.41, 5.74) is 1.11. The van der Waals surface area contributed by atoms with Crippen LogP contribution in [0.1, 0.15) is 87.2 Å². The van der Waals surface area contributed by atoms with Crippen molar-refractivity contribution in [3.05, 3.63) is 71.6 Å². The summed E-state index contributed by atoms with van der Waals surface area (Å²) in [6, 6.07) is 3.70. The lowest BCUT2D eigenvalue weighted by Crippen LogP contribution is -2.17. The van der Waals surface area contributed by atoms with E-state index in [1.807, 2.05) is 18.2 Å². The lowest BCUT2D eigenvalue weighted by molar-refractivity contribution is 0.289. The highest BCUT2D eigenvalue weighted by molar-refractivity contribution is 5.32. The van der Waals surface area contributed by atoms with Crippen LogP contribution >= 0.6 is 0 Å². The molecular formula is C30H37F3O. The molecule has 1 saturated heterocycles. The zero-order valence-electron chi connectivity index (χ0n) is 20.0. The van der Waals surface area contributed by atoms with E-state index in [1.54, 1.807) is 6.08 Å². The number of halogens is 3. The van der Waals surface area contributed by atoms with Gasteiger partial charge in [0.2, 0.25) is 0 Å². The number of hydrogen-bond acceptors (Lipinski definition) is 1. The van der Waals surface area contributed by atoms with E-state index in [9.17, 15) is 4.39 Å². The molecule has 4 heteroatoms. The molecule has 0 spiro atoms. The molecule has 5 rings (SSSR count). The van der Waals surface area contributed by atoms with Crippen LogP contribution in [0.4, 0.5) is 13.2 Å². The molecule has 1 heterocycles. The van der Waals surface area contributed by atoms with Crippen molar-refractivity contribution in [2.75, 3.05) is 6.61 Å². The zero-order chi connectivity index (χ0) is 23.7. The summed E-state index contributed by atoms with van der Waals surface area (Å²) in [5, 5.41) is 0. The van der Waals surface area contributed by atoms with Crippen molar-refractivity contribution in [3.63, 3.8) is 0 Å². The second kappa shape index (κ2) is 10.4. The fourth-order valence-corrected chi connectivity index (χ4v) is 6.52. The highest BCUT2D eigenvalue weighted by Gasteiger charge is 2.37. The molecular weight excluding hydrogens is 433 g/mol. The molecule has 0 radical (unpaired) electrons. The van der Waals surface area contributed by atoms with Gasteiger partial charge in [-0.2, -0.15) is 0 Å². The first-order valence-corrected chi connectivity index (χ1v) is 13.3. The van der Waals surface area contributed by atoms with Gasteiger partial charge in [0.15, 0.2) is 11.6 Å². The fourth-order valence-electron chi connectivity index (χ4n) is 6.52. The maximum absolute atomic E-state index is 15.1. The van der Waals surface area contributed by atoms with Gasteiger partial charge in [0.1, 0.15) is 5.83 Å². The standard InChI is InChI=1S/C30H37F3O/c1-2-19-5-10-22(11-6-19)24-15-16-25(30(33)29(24)32)23-12-7-20(8-13-23)3-4-21-9-14-26(27(31)17-21)28-18-34-28/h2-4,15-17,19-23,26,28H,1,5-14,18H2/b4-3+. The van der Waals surface area contributed by atoms with E-state index in [0.29, 0.717) is 29.6 Å². The number of epoxide rings is 1. The van der Waals surface area contributed by atoms with Crippen LogP contribution in [0.25, 0.3) is 0 Å². The van der Waals surface area contributed by atoms with Crippen LogP contribution < -0.4 is 0 Å². The highest BCUT2D eigenvalue weighted by Crippen LogP contribution is 2.42. The largest absolute Gasteiger partial charge is 0.372 e. The Labute approximate surface area is 202 Å². The first-order valence-electron chi connectivity index (χ1n) is 13.3. The molecule has 1 nitrogen and oxygen atoms in total. The predicted molar refractivity (Wildman–Crippen MR) is 130 cm³/mol. The summed E-state index contributed by atoms with van der Waals surface area (Å²) < 4.78 is 49.7. The molecule has 3 atom stereocenters. The van der Waals surface area contributed by atoms with Gasteiger partial charge in [-0.3, -0.25) is 0 Å². The van der Waals surface area contributed by atoms with Crippen molar-refractivity contribution in [1.29, 1.82) is 0 Å². The molecule has 0 N–H and O–H groups in total. The summed E-state index contributed by atoms with van der Waals surface area (Å²) in [7, 11) is 0. The van der Waals surface area contributed by atoms with E-state index in [-0.39, 0.29) is 35.6 Å². The quantitative estimate of drug-likeness (QED) is 0.300. The molecule has 0 amide bonds. The molecule has 0 aromatic heterocycles. The molecule has 1 aliphatic heterocycles. The maximum atomic E-state index is 15.1. The van der Waals surface area contributed by atoms with Crippen LogP contribution in [0.2, 0.25) is 0 Å². The summed E-state index contributed by atoms with van der Waals surface area (Å²) >= 11 is 0. The van der Waals surface area contributed by atoms with Crippen LogP contribution in [0.3, 0.4) is 0 Å². The third kappa shape index (κ3) is 5.22. The number of allylic oxidation sites excluding steroid dienone is 4. The Bertz CT molecular complexity index is 931. The van der Waals surface area contributed by atoms with E-state index < -0.39 is 11.6 Å². The number of rotatable bonds is 6. The van der Waals surface area contributed by atoms with Crippen molar-refractivity contribution in [3.8, 4) is 0 Å². The van der Waals surface area contributed by atoms with Crippen molar-refractivity contribution in [2.45, 2.75) is 82.1 Å². The van der Waals surface area contributed by atoms with Crippen molar-refractivity contribution in [1.82, 2.24) is 0 Å². The summed E-state index contributed by atoms with van der Waals surface area (Å²) in [6.45, 7) is 4.57. The Kier molecular flexibility index (Phi) is 7.34. The number of hydrogen-bond donors (Lipinski definition) is 0. The average molecular weight is 471 g/mol. The first kappa shape index (κ1) is 23.9. The van der Waals surface area contributed by atoms with E-state index in [1.165, 1.54) is 0 Å². The molecule has 1 aromatic rings. The predicted octanol–water partition coefficient (Wildman–Crippen LogP) is 8.53. The molecule has 2 saturated carbocycles. The van der Waals surface area contributed by atoms with Crippen molar-refractivity contribution in [2.24, 2.45) is 23.7 Å². The molecule has 3 unspecified atom stereocenters. The Morgan fingerprint density at radius 2 is 1.29 bits per heavy atom. The lowest BCUT2D eigenvalue weighted by Gasteiger charge is -2.30. The van der Waals surface area contributed by atoms with Crippen molar-refractivity contribution < 1.29 is 17.9 Å². The second-order valence-electron chi connectivity index (χ2n) is 11.0. The average Bonchev–Trinajstić information content (AvgIpc) is 3.70. The lowest BCUT2D eigenvalue weighted by atomic mass is 9.76. The maximum Gasteiger partial charge on any atom is 0.162 e. The minimum absolute atomic E-state index is 0.0122. The SMILES string of the molecule is C=CC1CCC(c2ccc(C3CCC(/C=C/C4C=C(F)C(C5CO5)CC4)CC3)c(F)c2F)CC1. The molecule has 3 aliphatic carbocycles. The van der Waals surface area contributed by atoms with Gasteiger partial charge in [-0.15, -0.1) is 6.58 Å². The normalized spacial score (nSPS) is 36.3. The van der Waals surface area contributed by atoms with Crippen LogP contribution in [0, 0.1) is 35.3 Å². The molecule has 4 aliphatic rings. The molecule has 184 valence electrons. The number of ether oxygens (including phenoxy) is 1. The monoisotopic (exact) mass is 470 g/mol. The minimum Gasteiger partial charge on any atom is -0.372 e. The van der Waals surface area contributed by atoms with Crippen molar-refractivity contribution >= 4 is 0 Å². The van der Waals surface area contributed by atoms with Crippen LogP contribution in [0.15, 0.2) is 48.8 Å². The third-order valence-electron chi connectivity index (χ3n) is 8.88. The Morgan fingerprint density at radius 1 is 0.735 bits per heavy atom. The Balaban J connectivity index is 1.16. The van der Waals surface area contributed by atoms with E-state index in [0.717, 1.165) is 64.2 Å².